The average molecular weight is 462 g/mol. The Morgan fingerprint density at radius 2 is 0.167 bits per heavy atom. The second-order valence-corrected chi connectivity index (χ2v) is 0. The van der Waals surface area contributed by atoms with Crippen molar-refractivity contribution in [1.29, 1.82) is 0 Å². The van der Waals surface area contributed by atoms with E-state index in [2.05, 4.69) is 0 Å². The van der Waals surface area contributed by atoms with Gasteiger partial charge < -0.3 is 32.9 Å². The van der Waals surface area contributed by atoms with Crippen LogP contribution in [0.5, 0.6) is 0 Å². The van der Waals surface area contributed by atoms with Crippen molar-refractivity contribution in [3.8, 4) is 0 Å². The van der Waals surface area contributed by atoms with Gasteiger partial charge in [0.05, 0.1) is 0 Å². The monoisotopic (exact) mass is 462 g/mol. The zero-order valence-corrected chi connectivity index (χ0v) is 11.2. The zero-order chi connectivity index (χ0) is 0. The van der Waals surface area contributed by atoms with Gasteiger partial charge in [0.1, 0.15) is 0 Å². The van der Waals surface area contributed by atoms with Crippen molar-refractivity contribution in [2.24, 2.45) is 0 Å². The fourth-order valence-corrected chi connectivity index (χ4v) is 0. The summed E-state index contributed by atoms with van der Waals surface area (Å²) >= 11 is 0. The van der Waals surface area contributed by atoms with Gasteiger partial charge in [-0.05, 0) is 0 Å². The third-order valence-electron chi connectivity index (χ3n) is 0. The summed E-state index contributed by atoms with van der Waals surface area (Å²) in [4.78, 5) is 0. The summed E-state index contributed by atoms with van der Waals surface area (Å²) < 4.78 is 0. The SMILES string of the molecule is O.O.O.O.O.O.[Co].[Co].[Co].[Co].[Co].[Co]. The third-order valence-corrected chi connectivity index (χ3v) is 0. The summed E-state index contributed by atoms with van der Waals surface area (Å²) in [6.45, 7) is 0. The van der Waals surface area contributed by atoms with Crippen LogP contribution in [0.1, 0.15) is 0 Å². The molecule has 12 N–H and O–H groups in total. The molecule has 0 saturated carbocycles. The van der Waals surface area contributed by atoms with Crippen LogP contribution < -0.4 is 0 Å². The van der Waals surface area contributed by atoms with Gasteiger partial charge in [-0.2, -0.15) is 0 Å². The van der Waals surface area contributed by atoms with Gasteiger partial charge in [0, 0.05) is 101 Å². The zero-order valence-electron chi connectivity index (χ0n) is 5.00. The van der Waals surface area contributed by atoms with Gasteiger partial charge >= 0.3 is 0 Å². The van der Waals surface area contributed by atoms with E-state index in [0.29, 0.717) is 0 Å². The van der Waals surface area contributed by atoms with Crippen molar-refractivity contribution >= 4 is 0 Å². The van der Waals surface area contributed by atoms with Gasteiger partial charge in [-0.3, -0.25) is 0 Å². The fourth-order valence-electron chi connectivity index (χ4n) is 0. The molecule has 12 heavy (non-hydrogen) atoms. The average Bonchev–Trinajstić information content (AvgIpc) is 0. The normalized spacial score (nSPS) is 0. The van der Waals surface area contributed by atoms with Gasteiger partial charge in [-0.1, -0.05) is 0 Å². The van der Waals surface area contributed by atoms with Crippen LogP contribution >= 0.6 is 0 Å². The molecule has 0 fully saturated rings. The van der Waals surface area contributed by atoms with Gasteiger partial charge in [0.15, 0.2) is 0 Å². The minimum absolute atomic E-state index is 0. The van der Waals surface area contributed by atoms with Crippen molar-refractivity contribution < 1.29 is 134 Å². The molecule has 12 heteroatoms. The van der Waals surface area contributed by atoms with Gasteiger partial charge in [0.2, 0.25) is 0 Å². The predicted molar refractivity (Wildman–Crippen MR) is 21.7 cm³/mol. The van der Waals surface area contributed by atoms with E-state index in [9.17, 15) is 0 Å². The molecule has 102 valence electrons. The first-order chi connectivity index (χ1) is 0. The van der Waals surface area contributed by atoms with E-state index in [1.165, 1.54) is 0 Å². The van der Waals surface area contributed by atoms with Gasteiger partial charge in [-0.15, -0.1) is 0 Å². The quantitative estimate of drug-likeness (QED) is 0.334. The molecule has 0 bridgehead atoms. The van der Waals surface area contributed by atoms with Crippen LogP contribution in [-0.2, 0) is 101 Å². The number of rotatable bonds is 0. The van der Waals surface area contributed by atoms with Crippen molar-refractivity contribution in [1.82, 2.24) is 0 Å². The van der Waals surface area contributed by atoms with E-state index < -0.39 is 0 Å². The van der Waals surface area contributed by atoms with Crippen LogP contribution in [0.3, 0.4) is 0 Å². The Morgan fingerprint density at radius 1 is 0.167 bits per heavy atom. The van der Waals surface area contributed by atoms with Crippen LogP contribution in [0.4, 0.5) is 0 Å². The minimum Gasteiger partial charge on any atom is -0.412 e. The first-order valence-corrected chi connectivity index (χ1v) is 0. The molecule has 0 unspecified atom stereocenters. The van der Waals surface area contributed by atoms with E-state index in [1.54, 1.807) is 0 Å². The second kappa shape index (κ2) is 289. The molecule has 0 aliphatic carbocycles. The van der Waals surface area contributed by atoms with Crippen molar-refractivity contribution in [2.75, 3.05) is 0 Å². The summed E-state index contributed by atoms with van der Waals surface area (Å²) in [5.41, 5.74) is 0. The standard InChI is InChI=1S/6Co.6H2O/h;;;;;;6*1H2. The van der Waals surface area contributed by atoms with E-state index in [0.717, 1.165) is 0 Å². The molecule has 6 radical (unpaired) electrons. The van der Waals surface area contributed by atoms with E-state index in [1.807, 2.05) is 0 Å². The molecule has 0 aliphatic rings. The molecule has 6 nitrogen and oxygen atoms in total. The maximum atomic E-state index is 0. The molecule has 0 atom stereocenters. The summed E-state index contributed by atoms with van der Waals surface area (Å²) in [5, 5.41) is 0. The predicted octanol–water partition coefficient (Wildman–Crippen LogP) is -4.96. The number of hydrogen-bond donors (Lipinski definition) is 0. The van der Waals surface area contributed by atoms with E-state index in [4.69, 9.17) is 0 Å². The maximum Gasteiger partial charge on any atom is 0 e. The topological polar surface area (TPSA) is 189 Å². The Hall–Kier alpha value is 2.80. The summed E-state index contributed by atoms with van der Waals surface area (Å²) in [5.74, 6) is 0. The molecular formula is H12Co6O6. The van der Waals surface area contributed by atoms with Crippen LogP contribution in [0.2, 0.25) is 0 Å². The molecule has 0 aromatic carbocycles. The van der Waals surface area contributed by atoms with E-state index in [-0.39, 0.29) is 134 Å². The molecular weight excluding hydrogens is 450 g/mol. The van der Waals surface area contributed by atoms with Crippen LogP contribution in [0.25, 0.3) is 0 Å². The third kappa shape index (κ3) is 227. The Morgan fingerprint density at radius 3 is 0.167 bits per heavy atom. The Labute approximate surface area is 132 Å². The molecule has 0 spiro atoms. The molecule has 0 saturated heterocycles. The van der Waals surface area contributed by atoms with E-state index >= 15 is 0 Å². The maximum absolute atomic E-state index is 0. The van der Waals surface area contributed by atoms with Gasteiger partial charge in [0.25, 0.3) is 0 Å². The van der Waals surface area contributed by atoms with Crippen molar-refractivity contribution in [2.45, 2.75) is 0 Å². The molecule has 0 heterocycles. The second-order valence-electron chi connectivity index (χ2n) is 0. The molecule has 0 aromatic heterocycles. The smallest absolute Gasteiger partial charge is 0 e. The van der Waals surface area contributed by atoms with Crippen LogP contribution in [0.15, 0.2) is 0 Å². The Kier molecular flexibility index (Phi) is 8650. The Balaban J connectivity index is 0. The minimum atomic E-state index is 0. The largest absolute Gasteiger partial charge is 0.412 e. The first kappa shape index (κ1) is 360. The Bertz CT molecular complexity index is 12.0. The van der Waals surface area contributed by atoms with Crippen LogP contribution in [-0.4, -0.2) is 32.9 Å². The van der Waals surface area contributed by atoms with Crippen LogP contribution in [0, 0.1) is 0 Å². The summed E-state index contributed by atoms with van der Waals surface area (Å²) in [6, 6.07) is 0. The van der Waals surface area contributed by atoms with Crippen molar-refractivity contribution in [3.05, 3.63) is 0 Å². The number of hydrogen-bond acceptors (Lipinski definition) is 0. The molecule has 0 aromatic rings. The molecule has 0 rings (SSSR count). The van der Waals surface area contributed by atoms with Crippen molar-refractivity contribution in [3.63, 3.8) is 0 Å². The first-order valence-electron chi connectivity index (χ1n) is 0. The molecule has 0 aliphatic heterocycles. The van der Waals surface area contributed by atoms with Gasteiger partial charge in [-0.25, -0.2) is 0 Å². The fraction of sp³-hybridized carbons (Fsp3) is 0. The molecule has 0 amide bonds. The summed E-state index contributed by atoms with van der Waals surface area (Å²) in [7, 11) is 0. The summed E-state index contributed by atoms with van der Waals surface area (Å²) in [6.07, 6.45) is 0.